The Morgan fingerprint density at radius 1 is 1.62 bits per heavy atom. The van der Waals surface area contributed by atoms with Crippen molar-refractivity contribution in [3.8, 4) is 5.75 Å². The van der Waals surface area contributed by atoms with Gasteiger partial charge in [-0.2, -0.15) is 0 Å². The van der Waals surface area contributed by atoms with E-state index in [1.165, 1.54) is 19.1 Å². The number of hydrogen-bond donors (Lipinski definition) is 1. The molecule has 0 bridgehead atoms. The molecule has 1 atom stereocenters. The smallest absolute Gasteiger partial charge is 0.344 e. The zero-order valence-corrected chi connectivity index (χ0v) is 9.24. The fourth-order valence-corrected chi connectivity index (χ4v) is 1.25. The third-order valence-electron chi connectivity index (χ3n) is 1.87. The minimum absolute atomic E-state index is 0.271. The summed E-state index contributed by atoms with van der Waals surface area (Å²) in [6.45, 7) is 1.39. The second-order valence-electron chi connectivity index (χ2n) is 3.07. The molecule has 0 amide bonds. The van der Waals surface area contributed by atoms with Gasteiger partial charge in [0.15, 0.2) is 6.10 Å². The maximum Gasteiger partial charge on any atom is 0.344 e. The summed E-state index contributed by atoms with van der Waals surface area (Å²) in [6.07, 6.45) is 0.479. The second kappa shape index (κ2) is 5.51. The van der Waals surface area contributed by atoms with E-state index in [4.69, 9.17) is 21.4 Å². The first kappa shape index (κ1) is 12.5. The van der Waals surface area contributed by atoms with Gasteiger partial charge >= 0.3 is 5.97 Å². The first-order chi connectivity index (χ1) is 7.54. The van der Waals surface area contributed by atoms with E-state index >= 15 is 0 Å². The largest absolute Gasteiger partial charge is 0.479 e. The highest BCUT2D eigenvalue weighted by molar-refractivity contribution is 6.30. The predicted molar refractivity (Wildman–Crippen MR) is 59.3 cm³/mol. The van der Waals surface area contributed by atoms with Crippen LogP contribution in [0.25, 0.3) is 6.08 Å². The summed E-state index contributed by atoms with van der Waals surface area (Å²) in [5.41, 5.74) is 0.392. The maximum atomic E-state index is 12.1. The number of carbonyl (C=O) groups is 1. The van der Waals surface area contributed by atoms with Crippen LogP contribution in [0.1, 0.15) is 12.5 Å². The lowest BCUT2D eigenvalue weighted by Gasteiger charge is -2.12. The minimum atomic E-state index is -1.09. The summed E-state index contributed by atoms with van der Waals surface area (Å²) in [4.78, 5) is 10.6. The number of ether oxygens (including phenoxy) is 1. The lowest BCUT2D eigenvalue weighted by atomic mass is 10.2. The topological polar surface area (TPSA) is 46.5 Å². The standard InChI is InChI=1S/C11H10ClFO3/c1-7(11(14)15)16-10-3-2-9(12)6-8(10)4-5-13/h2-7H,1H3,(H,14,15)/b5-4+/t7-/m0/s1. The molecule has 1 N–H and O–H groups in total. The number of carboxylic acid groups (broad SMARTS) is 1. The van der Waals surface area contributed by atoms with E-state index in [2.05, 4.69) is 0 Å². The van der Waals surface area contributed by atoms with Crippen LogP contribution < -0.4 is 4.74 Å². The van der Waals surface area contributed by atoms with Crippen LogP contribution in [0.5, 0.6) is 5.75 Å². The van der Waals surface area contributed by atoms with E-state index in [9.17, 15) is 9.18 Å². The molecular weight excluding hydrogens is 235 g/mol. The van der Waals surface area contributed by atoms with Crippen LogP contribution >= 0.6 is 11.6 Å². The van der Waals surface area contributed by atoms with Gasteiger partial charge in [0.05, 0.1) is 6.33 Å². The van der Waals surface area contributed by atoms with Crippen molar-refractivity contribution in [3.63, 3.8) is 0 Å². The fraction of sp³-hybridized carbons (Fsp3) is 0.182. The number of benzene rings is 1. The second-order valence-corrected chi connectivity index (χ2v) is 3.51. The Morgan fingerprint density at radius 3 is 2.88 bits per heavy atom. The van der Waals surface area contributed by atoms with Gasteiger partial charge in [-0.3, -0.25) is 0 Å². The van der Waals surface area contributed by atoms with Gasteiger partial charge in [0.2, 0.25) is 0 Å². The molecule has 0 fully saturated rings. The zero-order chi connectivity index (χ0) is 12.1. The van der Waals surface area contributed by atoms with Crippen molar-refractivity contribution >= 4 is 23.6 Å². The van der Waals surface area contributed by atoms with E-state index < -0.39 is 12.1 Å². The van der Waals surface area contributed by atoms with Crippen molar-refractivity contribution in [1.82, 2.24) is 0 Å². The average molecular weight is 245 g/mol. The van der Waals surface area contributed by atoms with Crippen LogP contribution in [0, 0.1) is 0 Å². The molecular formula is C11H10ClFO3. The highest BCUT2D eigenvalue weighted by atomic mass is 35.5. The van der Waals surface area contributed by atoms with E-state index in [0.717, 1.165) is 6.08 Å². The Kier molecular flexibility index (Phi) is 4.31. The summed E-state index contributed by atoms with van der Waals surface area (Å²) < 4.78 is 17.2. The Morgan fingerprint density at radius 2 is 2.31 bits per heavy atom. The van der Waals surface area contributed by atoms with Gasteiger partial charge in [0.25, 0.3) is 0 Å². The molecule has 0 unspecified atom stereocenters. The number of halogens is 2. The number of aliphatic carboxylic acids is 1. The van der Waals surface area contributed by atoms with E-state index in [0.29, 0.717) is 16.9 Å². The van der Waals surface area contributed by atoms with Crippen molar-refractivity contribution in [1.29, 1.82) is 0 Å². The molecule has 0 heterocycles. The Bertz CT molecular complexity index is 418. The van der Waals surface area contributed by atoms with Gasteiger partial charge in [-0.1, -0.05) is 11.6 Å². The van der Waals surface area contributed by atoms with Gasteiger partial charge in [-0.05, 0) is 31.2 Å². The summed E-state index contributed by atoms with van der Waals surface area (Å²) in [5.74, 6) is -0.821. The van der Waals surface area contributed by atoms with Gasteiger partial charge < -0.3 is 9.84 Å². The van der Waals surface area contributed by atoms with Crippen LogP contribution in [0.15, 0.2) is 24.5 Å². The molecule has 0 aliphatic carbocycles. The number of hydrogen-bond acceptors (Lipinski definition) is 2. The molecule has 0 spiro atoms. The Balaban J connectivity index is 2.99. The van der Waals surface area contributed by atoms with E-state index in [1.807, 2.05) is 0 Å². The van der Waals surface area contributed by atoms with Crippen molar-refractivity contribution in [2.75, 3.05) is 0 Å². The normalized spacial score (nSPS) is 12.7. The summed E-state index contributed by atoms with van der Waals surface area (Å²) in [5, 5.41) is 9.10. The van der Waals surface area contributed by atoms with Crippen molar-refractivity contribution in [2.24, 2.45) is 0 Å². The molecule has 0 saturated heterocycles. The van der Waals surface area contributed by atoms with Crippen molar-refractivity contribution < 1.29 is 19.0 Å². The molecule has 5 heteroatoms. The zero-order valence-electron chi connectivity index (χ0n) is 8.48. The molecule has 3 nitrogen and oxygen atoms in total. The molecule has 16 heavy (non-hydrogen) atoms. The van der Waals surface area contributed by atoms with Gasteiger partial charge in [-0.15, -0.1) is 0 Å². The third kappa shape index (κ3) is 3.24. The van der Waals surface area contributed by atoms with Gasteiger partial charge in [0, 0.05) is 10.6 Å². The average Bonchev–Trinajstić information content (AvgIpc) is 2.22. The highest BCUT2D eigenvalue weighted by Crippen LogP contribution is 2.25. The maximum absolute atomic E-state index is 12.1. The van der Waals surface area contributed by atoms with E-state index in [-0.39, 0.29) is 5.75 Å². The van der Waals surface area contributed by atoms with Crippen LogP contribution in [0.4, 0.5) is 4.39 Å². The van der Waals surface area contributed by atoms with Crippen molar-refractivity contribution in [2.45, 2.75) is 13.0 Å². The van der Waals surface area contributed by atoms with Gasteiger partial charge in [0.1, 0.15) is 5.75 Å². The predicted octanol–water partition coefficient (Wildman–Crippen LogP) is 3.13. The molecule has 0 aliphatic heterocycles. The van der Waals surface area contributed by atoms with E-state index in [1.54, 1.807) is 6.07 Å². The molecule has 86 valence electrons. The molecule has 0 aromatic heterocycles. The molecule has 0 radical (unpaired) electrons. The monoisotopic (exact) mass is 244 g/mol. The van der Waals surface area contributed by atoms with Crippen LogP contribution in [0.3, 0.4) is 0 Å². The summed E-state index contributed by atoms with van der Waals surface area (Å²) >= 11 is 5.72. The Labute approximate surface area is 97.1 Å². The Hall–Kier alpha value is -1.55. The third-order valence-corrected chi connectivity index (χ3v) is 2.10. The van der Waals surface area contributed by atoms with Crippen LogP contribution in [0.2, 0.25) is 5.02 Å². The molecule has 1 aromatic rings. The van der Waals surface area contributed by atoms with Gasteiger partial charge in [-0.25, -0.2) is 9.18 Å². The fourth-order valence-electron chi connectivity index (χ4n) is 1.07. The molecule has 0 aliphatic rings. The van der Waals surface area contributed by atoms with Crippen LogP contribution in [-0.4, -0.2) is 17.2 Å². The lowest BCUT2D eigenvalue weighted by molar-refractivity contribution is -0.144. The summed E-state index contributed by atoms with van der Waals surface area (Å²) in [6, 6.07) is 4.53. The summed E-state index contributed by atoms with van der Waals surface area (Å²) in [7, 11) is 0. The minimum Gasteiger partial charge on any atom is -0.479 e. The number of carboxylic acids is 1. The molecule has 1 aromatic carbocycles. The lowest BCUT2D eigenvalue weighted by Crippen LogP contribution is -2.23. The SMILES string of the molecule is C[C@H](Oc1ccc(Cl)cc1/C=C/F)C(=O)O. The first-order valence-electron chi connectivity index (χ1n) is 4.50. The highest BCUT2D eigenvalue weighted by Gasteiger charge is 2.14. The van der Waals surface area contributed by atoms with Crippen molar-refractivity contribution in [3.05, 3.63) is 35.1 Å². The van der Waals surface area contributed by atoms with Crippen LogP contribution in [-0.2, 0) is 4.79 Å². The molecule has 1 rings (SSSR count). The quantitative estimate of drug-likeness (QED) is 0.885. The molecule has 0 saturated carbocycles. The first-order valence-corrected chi connectivity index (χ1v) is 4.88. The number of rotatable bonds is 4.